The predicted octanol–water partition coefficient (Wildman–Crippen LogP) is 3.03. The van der Waals surface area contributed by atoms with Crippen molar-refractivity contribution in [1.29, 1.82) is 0 Å². The molecule has 4 rings (SSSR count). The third kappa shape index (κ3) is 4.82. The summed E-state index contributed by atoms with van der Waals surface area (Å²) < 4.78 is 6.84. The van der Waals surface area contributed by atoms with Gasteiger partial charge >= 0.3 is 5.97 Å². The number of amides is 1. The third-order valence-electron chi connectivity index (χ3n) is 5.81. The number of ether oxygens (including phenoxy) is 1. The number of phenols is 1. The molecule has 0 fully saturated rings. The molecular weight excluding hydrogens is 406 g/mol. The zero-order chi connectivity index (χ0) is 22.5. The summed E-state index contributed by atoms with van der Waals surface area (Å²) >= 11 is 0. The number of nitrogens with one attached hydrogen (secondary N) is 1. The molecule has 0 radical (unpaired) electrons. The lowest BCUT2D eigenvalue weighted by Gasteiger charge is -2.17. The van der Waals surface area contributed by atoms with Crippen LogP contribution in [-0.2, 0) is 35.3 Å². The molecule has 0 aliphatic heterocycles. The third-order valence-corrected chi connectivity index (χ3v) is 5.81. The van der Waals surface area contributed by atoms with Gasteiger partial charge in [-0.05, 0) is 48.9 Å². The average Bonchev–Trinajstić information content (AvgIpc) is 3.18. The summed E-state index contributed by atoms with van der Waals surface area (Å²) in [4.78, 5) is 25.6. The molecule has 7 nitrogen and oxygen atoms in total. The van der Waals surface area contributed by atoms with Crippen LogP contribution in [0.25, 0.3) is 0 Å². The minimum absolute atomic E-state index is 0.142. The van der Waals surface area contributed by atoms with Crippen molar-refractivity contribution in [3.63, 3.8) is 0 Å². The van der Waals surface area contributed by atoms with Crippen molar-refractivity contribution in [2.75, 3.05) is 7.11 Å². The zero-order valence-corrected chi connectivity index (χ0v) is 18.1. The van der Waals surface area contributed by atoms with Crippen LogP contribution in [-0.4, -0.2) is 39.9 Å². The molecule has 3 aromatic rings. The van der Waals surface area contributed by atoms with Crippen molar-refractivity contribution in [2.45, 2.75) is 44.7 Å². The smallest absolute Gasteiger partial charge is 0.328 e. The Morgan fingerprint density at radius 2 is 1.78 bits per heavy atom. The highest BCUT2D eigenvalue weighted by Gasteiger charge is 2.29. The van der Waals surface area contributed by atoms with Crippen molar-refractivity contribution in [2.24, 2.45) is 0 Å². The van der Waals surface area contributed by atoms with Crippen LogP contribution in [0.5, 0.6) is 5.75 Å². The molecule has 7 heteroatoms. The number of carbonyl (C=O) groups excluding carboxylic acids is 2. The van der Waals surface area contributed by atoms with E-state index in [9.17, 15) is 14.7 Å². The summed E-state index contributed by atoms with van der Waals surface area (Å²) in [6.07, 6.45) is 4.02. The molecule has 1 amide bonds. The standard InChI is InChI=1S/C25H27N3O4/c1-32-25(31)21(15-17-11-13-19(29)14-12-17)26-24(30)23-20-9-5-6-10-22(20)28(27-23)16-18-7-3-2-4-8-18/h2-4,7-8,11-14,21,29H,5-6,9-10,15-16H2,1H3,(H,26,30). The molecule has 1 aliphatic carbocycles. The summed E-state index contributed by atoms with van der Waals surface area (Å²) in [7, 11) is 1.30. The quantitative estimate of drug-likeness (QED) is 0.559. The van der Waals surface area contributed by atoms with Crippen molar-refractivity contribution in [3.05, 3.63) is 82.7 Å². The Morgan fingerprint density at radius 3 is 2.50 bits per heavy atom. The van der Waals surface area contributed by atoms with Gasteiger partial charge in [-0.25, -0.2) is 4.79 Å². The van der Waals surface area contributed by atoms with Crippen molar-refractivity contribution < 1.29 is 19.4 Å². The Labute approximate surface area is 187 Å². The fourth-order valence-corrected chi connectivity index (χ4v) is 4.17. The van der Waals surface area contributed by atoms with E-state index in [1.165, 1.54) is 7.11 Å². The highest BCUT2D eigenvalue weighted by atomic mass is 16.5. The molecular formula is C25H27N3O4. The van der Waals surface area contributed by atoms with Crippen molar-refractivity contribution in [3.8, 4) is 5.75 Å². The number of rotatable bonds is 7. The highest BCUT2D eigenvalue weighted by Crippen LogP contribution is 2.25. The molecule has 1 atom stereocenters. The highest BCUT2D eigenvalue weighted by molar-refractivity contribution is 5.96. The van der Waals surface area contributed by atoms with Gasteiger partial charge in [-0.2, -0.15) is 5.10 Å². The van der Waals surface area contributed by atoms with E-state index >= 15 is 0 Å². The molecule has 0 saturated heterocycles. The number of benzene rings is 2. The molecule has 1 aromatic heterocycles. The maximum atomic E-state index is 13.2. The van der Waals surface area contributed by atoms with Crippen LogP contribution in [0.3, 0.4) is 0 Å². The molecule has 32 heavy (non-hydrogen) atoms. The van der Waals surface area contributed by atoms with Crippen LogP contribution in [0.1, 0.15) is 45.7 Å². The normalized spacial score (nSPS) is 13.8. The molecule has 1 unspecified atom stereocenters. The van der Waals surface area contributed by atoms with Crippen LogP contribution >= 0.6 is 0 Å². The molecule has 0 spiro atoms. The van der Waals surface area contributed by atoms with Crippen LogP contribution in [0, 0.1) is 0 Å². The SMILES string of the molecule is COC(=O)C(Cc1ccc(O)cc1)NC(=O)c1nn(Cc2ccccc2)c2c1CCCC2. The Bertz CT molecular complexity index is 1090. The fraction of sp³-hybridized carbons (Fsp3) is 0.320. The minimum atomic E-state index is -0.851. The number of hydrogen-bond donors (Lipinski definition) is 2. The lowest BCUT2D eigenvalue weighted by atomic mass is 9.95. The van der Waals surface area contributed by atoms with Crippen molar-refractivity contribution >= 4 is 11.9 Å². The molecule has 0 saturated carbocycles. The van der Waals surface area contributed by atoms with E-state index in [-0.39, 0.29) is 18.1 Å². The van der Waals surface area contributed by atoms with Gasteiger partial charge in [-0.15, -0.1) is 0 Å². The number of methoxy groups -OCH3 is 1. The van der Waals surface area contributed by atoms with Crippen LogP contribution in [0.4, 0.5) is 0 Å². The summed E-state index contributed by atoms with van der Waals surface area (Å²) in [6.45, 7) is 0.602. The van der Waals surface area contributed by atoms with E-state index in [4.69, 9.17) is 4.74 Å². The fourth-order valence-electron chi connectivity index (χ4n) is 4.17. The predicted molar refractivity (Wildman–Crippen MR) is 119 cm³/mol. The van der Waals surface area contributed by atoms with Crippen LogP contribution < -0.4 is 5.32 Å². The molecule has 1 heterocycles. The Morgan fingerprint density at radius 1 is 1.06 bits per heavy atom. The van der Waals surface area contributed by atoms with Gasteiger partial charge in [0.05, 0.1) is 13.7 Å². The zero-order valence-electron chi connectivity index (χ0n) is 18.1. The van der Waals surface area contributed by atoms with Gasteiger partial charge in [0.15, 0.2) is 5.69 Å². The maximum Gasteiger partial charge on any atom is 0.328 e. The number of aromatic hydroxyl groups is 1. The average molecular weight is 434 g/mol. The van der Waals surface area contributed by atoms with E-state index in [1.807, 2.05) is 35.0 Å². The van der Waals surface area contributed by atoms with Gasteiger partial charge in [-0.1, -0.05) is 42.5 Å². The number of phenolic OH excluding ortho intramolecular Hbond substituents is 1. The first-order valence-electron chi connectivity index (χ1n) is 10.8. The second kappa shape index (κ2) is 9.68. The van der Waals surface area contributed by atoms with E-state index in [1.54, 1.807) is 24.3 Å². The number of esters is 1. The monoisotopic (exact) mass is 433 g/mol. The molecule has 166 valence electrons. The lowest BCUT2D eigenvalue weighted by Crippen LogP contribution is -2.43. The first-order valence-corrected chi connectivity index (χ1v) is 10.8. The number of carbonyl (C=O) groups is 2. The van der Waals surface area contributed by atoms with Gasteiger partial charge in [0.2, 0.25) is 0 Å². The second-order valence-electron chi connectivity index (χ2n) is 8.04. The number of hydrogen-bond acceptors (Lipinski definition) is 5. The summed E-state index contributed by atoms with van der Waals surface area (Å²) in [5, 5.41) is 17.0. The summed E-state index contributed by atoms with van der Waals surface area (Å²) in [6, 6.07) is 15.7. The number of aromatic nitrogens is 2. The van der Waals surface area contributed by atoms with Gasteiger partial charge < -0.3 is 15.2 Å². The van der Waals surface area contributed by atoms with Gasteiger partial charge in [0.25, 0.3) is 5.91 Å². The van der Waals surface area contributed by atoms with E-state index in [2.05, 4.69) is 10.4 Å². The number of nitrogens with zero attached hydrogens (tertiary/aromatic N) is 2. The Balaban J connectivity index is 1.58. The summed E-state index contributed by atoms with van der Waals surface area (Å²) in [5.41, 5.74) is 4.37. The molecule has 2 N–H and O–H groups in total. The number of fused-ring (bicyclic) bond motifs is 1. The maximum absolute atomic E-state index is 13.2. The first-order chi connectivity index (χ1) is 15.5. The minimum Gasteiger partial charge on any atom is -0.508 e. The van der Waals surface area contributed by atoms with Crippen LogP contribution in [0.15, 0.2) is 54.6 Å². The van der Waals surface area contributed by atoms with Gasteiger partial charge in [0, 0.05) is 17.7 Å². The lowest BCUT2D eigenvalue weighted by molar-refractivity contribution is -0.142. The summed E-state index contributed by atoms with van der Waals surface area (Å²) in [5.74, 6) is -0.754. The van der Waals surface area contributed by atoms with Crippen molar-refractivity contribution in [1.82, 2.24) is 15.1 Å². The van der Waals surface area contributed by atoms with Gasteiger partial charge in [0.1, 0.15) is 11.8 Å². The van der Waals surface area contributed by atoms with E-state index in [0.717, 1.165) is 48.1 Å². The second-order valence-corrected chi connectivity index (χ2v) is 8.04. The largest absolute Gasteiger partial charge is 0.508 e. The molecule has 2 aromatic carbocycles. The van der Waals surface area contributed by atoms with Crippen LogP contribution in [0.2, 0.25) is 0 Å². The Kier molecular flexibility index (Phi) is 6.54. The topological polar surface area (TPSA) is 93.4 Å². The Hall–Kier alpha value is -3.61. The van der Waals surface area contributed by atoms with E-state index in [0.29, 0.717) is 12.2 Å². The van der Waals surface area contributed by atoms with Gasteiger partial charge in [-0.3, -0.25) is 9.48 Å². The van der Waals surface area contributed by atoms with E-state index < -0.39 is 12.0 Å². The molecule has 1 aliphatic rings. The molecule has 0 bridgehead atoms. The first kappa shape index (κ1) is 21.6.